The first kappa shape index (κ1) is 16.7. The average molecular weight is 332 g/mol. The standard InChI is InChI=1S/C19H29N3S/c23-19(20-17-7-3-1-4-8-17)21-18-11-9-16(10-12-18)15-22-13-5-2-6-14-22/h9-12,17H,1-8,13-15H2,(H2,20,21,23). The van der Waals surface area contributed by atoms with Crippen LogP contribution in [-0.4, -0.2) is 29.1 Å². The number of piperidine rings is 1. The van der Waals surface area contributed by atoms with Gasteiger partial charge in [-0.15, -0.1) is 0 Å². The maximum absolute atomic E-state index is 5.45. The lowest BCUT2D eigenvalue weighted by atomic mass is 9.96. The molecule has 1 aliphatic carbocycles. The van der Waals surface area contributed by atoms with Crippen LogP contribution in [0.2, 0.25) is 0 Å². The number of hydrogen-bond donors (Lipinski definition) is 2. The second kappa shape index (κ2) is 8.65. The molecule has 126 valence electrons. The van der Waals surface area contributed by atoms with Gasteiger partial charge in [-0.3, -0.25) is 4.90 Å². The molecule has 0 bridgehead atoms. The fraction of sp³-hybridized carbons (Fsp3) is 0.632. The third-order valence-electron chi connectivity index (χ3n) is 5.01. The van der Waals surface area contributed by atoms with E-state index in [1.54, 1.807) is 0 Å². The molecule has 0 amide bonds. The first-order valence-corrected chi connectivity index (χ1v) is 9.59. The summed E-state index contributed by atoms with van der Waals surface area (Å²) in [5, 5.41) is 7.55. The molecule has 3 rings (SSSR count). The minimum atomic E-state index is 0.558. The molecule has 2 fully saturated rings. The topological polar surface area (TPSA) is 27.3 Å². The van der Waals surface area contributed by atoms with Gasteiger partial charge in [-0.25, -0.2) is 0 Å². The van der Waals surface area contributed by atoms with Gasteiger partial charge >= 0.3 is 0 Å². The summed E-state index contributed by atoms with van der Waals surface area (Å²) in [6.45, 7) is 3.57. The minimum absolute atomic E-state index is 0.558. The Morgan fingerprint density at radius 2 is 1.61 bits per heavy atom. The third kappa shape index (κ3) is 5.47. The number of anilines is 1. The molecule has 23 heavy (non-hydrogen) atoms. The zero-order chi connectivity index (χ0) is 15.9. The van der Waals surface area contributed by atoms with Crippen molar-refractivity contribution < 1.29 is 0 Å². The van der Waals surface area contributed by atoms with Crippen LogP contribution >= 0.6 is 12.2 Å². The highest BCUT2D eigenvalue weighted by molar-refractivity contribution is 7.80. The Hall–Kier alpha value is -1.13. The second-order valence-corrected chi connectivity index (χ2v) is 7.38. The predicted octanol–water partition coefficient (Wildman–Crippen LogP) is 4.29. The Bertz CT molecular complexity index is 488. The Balaban J connectivity index is 1.45. The first-order valence-electron chi connectivity index (χ1n) is 9.18. The summed E-state index contributed by atoms with van der Waals surface area (Å²) in [5.74, 6) is 0. The van der Waals surface area contributed by atoms with E-state index < -0.39 is 0 Å². The minimum Gasteiger partial charge on any atom is -0.360 e. The van der Waals surface area contributed by atoms with E-state index in [0.717, 1.165) is 17.3 Å². The summed E-state index contributed by atoms with van der Waals surface area (Å²) >= 11 is 5.45. The molecule has 1 aliphatic heterocycles. The molecular formula is C19H29N3S. The van der Waals surface area contributed by atoms with Gasteiger partial charge < -0.3 is 10.6 Å². The number of nitrogens with zero attached hydrogens (tertiary/aromatic N) is 1. The van der Waals surface area contributed by atoms with E-state index in [1.165, 1.54) is 70.0 Å². The zero-order valence-electron chi connectivity index (χ0n) is 14.0. The van der Waals surface area contributed by atoms with Crippen molar-refractivity contribution in [3.05, 3.63) is 29.8 Å². The van der Waals surface area contributed by atoms with Gasteiger partial charge in [0.1, 0.15) is 0 Å². The van der Waals surface area contributed by atoms with Crippen molar-refractivity contribution in [2.24, 2.45) is 0 Å². The van der Waals surface area contributed by atoms with Gasteiger partial charge in [-0.2, -0.15) is 0 Å². The molecule has 1 aromatic carbocycles. The summed E-state index contributed by atoms with van der Waals surface area (Å²) in [6.07, 6.45) is 10.6. The molecule has 1 saturated heterocycles. The van der Waals surface area contributed by atoms with Gasteiger partial charge in [0, 0.05) is 18.3 Å². The van der Waals surface area contributed by atoms with E-state index in [9.17, 15) is 0 Å². The van der Waals surface area contributed by atoms with Crippen molar-refractivity contribution in [2.75, 3.05) is 18.4 Å². The molecule has 0 radical (unpaired) electrons. The molecule has 1 heterocycles. The van der Waals surface area contributed by atoms with Crippen LogP contribution in [0.4, 0.5) is 5.69 Å². The summed E-state index contributed by atoms with van der Waals surface area (Å²) in [7, 11) is 0. The Labute approximate surface area is 145 Å². The molecule has 3 nitrogen and oxygen atoms in total. The molecule has 0 aromatic heterocycles. The quantitative estimate of drug-likeness (QED) is 0.805. The molecule has 4 heteroatoms. The highest BCUT2D eigenvalue weighted by atomic mass is 32.1. The molecule has 1 saturated carbocycles. The molecule has 2 N–H and O–H groups in total. The van der Waals surface area contributed by atoms with Gasteiger partial charge in [-0.05, 0) is 68.7 Å². The lowest BCUT2D eigenvalue weighted by Crippen LogP contribution is -2.38. The zero-order valence-corrected chi connectivity index (χ0v) is 14.8. The van der Waals surface area contributed by atoms with Crippen molar-refractivity contribution >= 4 is 23.0 Å². The maximum Gasteiger partial charge on any atom is 0.170 e. The van der Waals surface area contributed by atoms with Crippen LogP contribution in [-0.2, 0) is 6.54 Å². The van der Waals surface area contributed by atoms with E-state index >= 15 is 0 Å². The molecule has 0 atom stereocenters. The second-order valence-electron chi connectivity index (χ2n) is 6.97. The predicted molar refractivity (Wildman–Crippen MR) is 102 cm³/mol. The maximum atomic E-state index is 5.45. The Morgan fingerprint density at radius 3 is 2.30 bits per heavy atom. The van der Waals surface area contributed by atoms with Gasteiger partial charge in [0.15, 0.2) is 5.11 Å². The van der Waals surface area contributed by atoms with E-state index in [-0.39, 0.29) is 0 Å². The first-order chi connectivity index (χ1) is 11.3. The van der Waals surface area contributed by atoms with Crippen LogP contribution in [0.5, 0.6) is 0 Å². The highest BCUT2D eigenvalue weighted by Crippen LogP contribution is 2.18. The number of thiocarbonyl (C=S) groups is 1. The summed E-state index contributed by atoms with van der Waals surface area (Å²) in [4.78, 5) is 2.56. The van der Waals surface area contributed by atoms with E-state index in [4.69, 9.17) is 12.2 Å². The monoisotopic (exact) mass is 331 g/mol. The Morgan fingerprint density at radius 1 is 0.957 bits per heavy atom. The van der Waals surface area contributed by atoms with Crippen LogP contribution < -0.4 is 10.6 Å². The molecule has 2 aliphatic rings. The third-order valence-corrected chi connectivity index (χ3v) is 5.23. The average Bonchev–Trinajstić information content (AvgIpc) is 2.58. The smallest absolute Gasteiger partial charge is 0.170 e. The van der Waals surface area contributed by atoms with E-state index in [0.29, 0.717) is 6.04 Å². The summed E-state index contributed by atoms with van der Waals surface area (Å²) in [5.41, 5.74) is 2.48. The van der Waals surface area contributed by atoms with Crippen LogP contribution in [0.15, 0.2) is 24.3 Å². The van der Waals surface area contributed by atoms with Gasteiger partial charge in [0.25, 0.3) is 0 Å². The lowest BCUT2D eigenvalue weighted by Gasteiger charge is -2.26. The molecule has 0 spiro atoms. The molecule has 0 unspecified atom stereocenters. The van der Waals surface area contributed by atoms with Gasteiger partial charge in [-0.1, -0.05) is 37.8 Å². The van der Waals surface area contributed by atoms with Crippen molar-refractivity contribution in [2.45, 2.75) is 64.0 Å². The largest absolute Gasteiger partial charge is 0.360 e. The number of likely N-dealkylation sites (tertiary alicyclic amines) is 1. The van der Waals surface area contributed by atoms with Crippen molar-refractivity contribution in [1.29, 1.82) is 0 Å². The SMILES string of the molecule is S=C(Nc1ccc(CN2CCCCC2)cc1)NC1CCCCC1. The van der Waals surface area contributed by atoms with Crippen molar-refractivity contribution in [3.8, 4) is 0 Å². The Kier molecular flexibility index (Phi) is 6.29. The van der Waals surface area contributed by atoms with Crippen LogP contribution in [0.3, 0.4) is 0 Å². The van der Waals surface area contributed by atoms with E-state index in [1.807, 2.05) is 0 Å². The van der Waals surface area contributed by atoms with Crippen molar-refractivity contribution in [1.82, 2.24) is 10.2 Å². The van der Waals surface area contributed by atoms with Gasteiger partial charge in [0.05, 0.1) is 0 Å². The summed E-state index contributed by atoms with van der Waals surface area (Å²) in [6, 6.07) is 9.30. The van der Waals surface area contributed by atoms with Crippen LogP contribution in [0, 0.1) is 0 Å². The van der Waals surface area contributed by atoms with Gasteiger partial charge in [0.2, 0.25) is 0 Å². The van der Waals surface area contributed by atoms with Crippen LogP contribution in [0.1, 0.15) is 56.9 Å². The fourth-order valence-electron chi connectivity index (χ4n) is 3.67. The van der Waals surface area contributed by atoms with Crippen molar-refractivity contribution in [3.63, 3.8) is 0 Å². The fourth-order valence-corrected chi connectivity index (χ4v) is 3.95. The summed E-state index contributed by atoms with van der Waals surface area (Å²) < 4.78 is 0. The van der Waals surface area contributed by atoms with Crippen LogP contribution in [0.25, 0.3) is 0 Å². The van der Waals surface area contributed by atoms with E-state index in [2.05, 4.69) is 39.8 Å². The number of rotatable bonds is 4. The number of hydrogen-bond acceptors (Lipinski definition) is 2. The highest BCUT2D eigenvalue weighted by Gasteiger charge is 2.14. The number of benzene rings is 1. The molecule has 1 aromatic rings. The lowest BCUT2D eigenvalue weighted by molar-refractivity contribution is 0.221. The number of nitrogens with one attached hydrogen (secondary N) is 2. The molecular weight excluding hydrogens is 302 g/mol. The normalized spacial score (nSPS) is 20.2.